The van der Waals surface area contributed by atoms with Crippen LogP contribution in [0.15, 0.2) is 48.5 Å². The van der Waals surface area contributed by atoms with Gasteiger partial charge in [-0.2, -0.15) is 0 Å². The molecule has 0 radical (unpaired) electrons. The van der Waals surface area contributed by atoms with E-state index in [0.29, 0.717) is 18.0 Å². The van der Waals surface area contributed by atoms with Gasteiger partial charge in [0.15, 0.2) is 0 Å². The van der Waals surface area contributed by atoms with Gasteiger partial charge in [-0.05, 0) is 35.2 Å². The van der Waals surface area contributed by atoms with Crippen molar-refractivity contribution >= 4 is 23.2 Å². The topological polar surface area (TPSA) is 55.1 Å². The molecule has 3 N–H and O–H groups in total. The second kappa shape index (κ2) is 7.14. The Morgan fingerprint density at radius 2 is 1.86 bits per heavy atom. The van der Waals surface area contributed by atoms with Gasteiger partial charge in [0.05, 0.1) is 0 Å². The predicted octanol–water partition coefficient (Wildman–Crippen LogP) is 3.73. The van der Waals surface area contributed by atoms with Crippen LogP contribution in [0, 0.1) is 0 Å². The summed E-state index contributed by atoms with van der Waals surface area (Å²) >= 11 is 6.06. The second-order valence-electron chi connectivity index (χ2n) is 5.14. The number of amides is 1. The predicted molar refractivity (Wildman–Crippen MR) is 87.2 cm³/mol. The van der Waals surface area contributed by atoms with Crippen molar-refractivity contribution in [3.8, 4) is 0 Å². The lowest BCUT2D eigenvalue weighted by atomic mass is 9.97. The minimum atomic E-state index is 0.0132. The minimum absolute atomic E-state index is 0.0132. The largest absolute Gasteiger partial charge is 0.399 e. The summed E-state index contributed by atoms with van der Waals surface area (Å²) in [5, 5.41) is 3.57. The fourth-order valence-corrected chi connectivity index (χ4v) is 2.33. The number of nitrogen functional groups attached to an aromatic ring is 1. The van der Waals surface area contributed by atoms with Gasteiger partial charge in [-0.15, -0.1) is 0 Å². The van der Waals surface area contributed by atoms with Crippen molar-refractivity contribution in [2.24, 2.45) is 0 Å². The molecule has 21 heavy (non-hydrogen) atoms. The van der Waals surface area contributed by atoms with Crippen molar-refractivity contribution in [1.29, 1.82) is 0 Å². The number of carbonyl (C=O) groups excluding carboxylic acids is 1. The van der Waals surface area contributed by atoms with Crippen LogP contribution in [-0.2, 0) is 11.3 Å². The Morgan fingerprint density at radius 3 is 2.52 bits per heavy atom. The van der Waals surface area contributed by atoms with Crippen molar-refractivity contribution in [2.75, 3.05) is 5.73 Å². The third-order valence-electron chi connectivity index (χ3n) is 3.43. The van der Waals surface area contributed by atoms with E-state index in [4.69, 9.17) is 17.3 Å². The van der Waals surface area contributed by atoms with Gasteiger partial charge in [-0.1, -0.05) is 48.9 Å². The molecule has 0 bridgehead atoms. The molecule has 2 aromatic rings. The molecule has 0 aromatic heterocycles. The summed E-state index contributed by atoms with van der Waals surface area (Å²) in [6, 6.07) is 15.1. The summed E-state index contributed by atoms with van der Waals surface area (Å²) in [6.45, 7) is 2.48. The molecule has 0 aliphatic carbocycles. The smallest absolute Gasteiger partial charge is 0.220 e. The van der Waals surface area contributed by atoms with Crippen molar-refractivity contribution in [1.82, 2.24) is 5.32 Å². The van der Waals surface area contributed by atoms with Crippen LogP contribution < -0.4 is 11.1 Å². The van der Waals surface area contributed by atoms with Crippen LogP contribution in [0.4, 0.5) is 5.69 Å². The third-order valence-corrected chi connectivity index (χ3v) is 3.80. The number of nitrogens with one attached hydrogen (secondary N) is 1. The Kier molecular flexibility index (Phi) is 5.23. The molecule has 0 saturated heterocycles. The Morgan fingerprint density at radius 1 is 1.19 bits per heavy atom. The van der Waals surface area contributed by atoms with Crippen LogP contribution in [0.25, 0.3) is 0 Å². The quantitative estimate of drug-likeness (QED) is 0.827. The number of hydrogen-bond acceptors (Lipinski definition) is 2. The molecule has 2 rings (SSSR count). The second-order valence-corrected chi connectivity index (χ2v) is 5.55. The number of benzene rings is 2. The van der Waals surface area contributed by atoms with Gasteiger partial charge in [-0.25, -0.2) is 0 Å². The van der Waals surface area contributed by atoms with Crippen molar-refractivity contribution < 1.29 is 4.79 Å². The third kappa shape index (κ3) is 4.50. The summed E-state index contributed by atoms with van der Waals surface area (Å²) in [6.07, 6.45) is 0.439. The fourth-order valence-electron chi connectivity index (χ4n) is 2.13. The molecular weight excluding hydrogens is 284 g/mol. The summed E-state index contributed by atoms with van der Waals surface area (Å²) in [5.74, 6) is 0.163. The molecule has 3 nitrogen and oxygen atoms in total. The Hall–Kier alpha value is -2.00. The van der Waals surface area contributed by atoms with E-state index in [1.165, 1.54) is 0 Å². The summed E-state index contributed by atoms with van der Waals surface area (Å²) in [7, 11) is 0. The first kappa shape index (κ1) is 15.4. The zero-order valence-electron chi connectivity index (χ0n) is 12.0. The van der Waals surface area contributed by atoms with E-state index in [1.54, 1.807) is 0 Å². The molecule has 110 valence electrons. The number of rotatable bonds is 5. The lowest BCUT2D eigenvalue weighted by molar-refractivity contribution is -0.121. The van der Waals surface area contributed by atoms with E-state index in [-0.39, 0.29) is 11.8 Å². The molecule has 0 heterocycles. The molecule has 0 fully saturated rings. The van der Waals surface area contributed by atoms with Crippen molar-refractivity contribution in [3.05, 3.63) is 64.7 Å². The normalized spacial score (nSPS) is 11.9. The average molecular weight is 303 g/mol. The highest BCUT2D eigenvalue weighted by atomic mass is 35.5. The first-order chi connectivity index (χ1) is 10.1. The summed E-state index contributed by atoms with van der Waals surface area (Å²) in [4.78, 5) is 12.0. The Bertz CT molecular complexity index is 610. The zero-order chi connectivity index (χ0) is 15.2. The van der Waals surface area contributed by atoms with Crippen LogP contribution in [0.3, 0.4) is 0 Å². The zero-order valence-corrected chi connectivity index (χ0v) is 12.7. The van der Waals surface area contributed by atoms with Gasteiger partial charge in [0.2, 0.25) is 5.91 Å². The fraction of sp³-hybridized carbons (Fsp3) is 0.235. The maximum absolute atomic E-state index is 12.0. The number of hydrogen-bond donors (Lipinski definition) is 2. The van der Waals surface area contributed by atoms with Crippen LogP contribution in [0.2, 0.25) is 5.02 Å². The van der Waals surface area contributed by atoms with Crippen LogP contribution >= 0.6 is 11.6 Å². The van der Waals surface area contributed by atoms with Crippen LogP contribution in [-0.4, -0.2) is 5.91 Å². The first-order valence-corrected chi connectivity index (χ1v) is 7.29. The van der Waals surface area contributed by atoms with Gasteiger partial charge >= 0.3 is 0 Å². The van der Waals surface area contributed by atoms with Gasteiger partial charge in [-0.3, -0.25) is 4.79 Å². The monoisotopic (exact) mass is 302 g/mol. The molecule has 1 amide bonds. The first-order valence-electron chi connectivity index (χ1n) is 6.92. The van der Waals surface area contributed by atoms with E-state index < -0.39 is 0 Å². The standard InChI is InChI=1S/C17H19ClN2O/c1-12(13-6-8-15(19)9-7-13)10-17(21)20-11-14-4-2-3-5-16(14)18/h2-9,12H,10-11,19H2,1H3,(H,20,21). The van der Waals surface area contributed by atoms with Crippen LogP contribution in [0.5, 0.6) is 0 Å². The van der Waals surface area contributed by atoms with Gasteiger partial charge in [0.25, 0.3) is 0 Å². The molecular formula is C17H19ClN2O. The highest BCUT2D eigenvalue weighted by molar-refractivity contribution is 6.31. The molecule has 1 atom stereocenters. The van der Waals surface area contributed by atoms with Gasteiger partial charge in [0, 0.05) is 23.7 Å². The lowest BCUT2D eigenvalue weighted by Crippen LogP contribution is -2.24. The number of carbonyl (C=O) groups is 1. The maximum Gasteiger partial charge on any atom is 0.220 e. The number of halogens is 1. The maximum atomic E-state index is 12.0. The van der Waals surface area contributed by atoms with Crippen molar-refractivity contribution in [2.45, 2.75) is 25.8 Å². The average Bonchev–Trinajstić information content (AvgIpc) is 2.47. The summed E-state index contributed by atoms with van der Waals surface area (Å²) in [5.41, 5.74) is 8.43. The highest BCUT2D eigenvalue weighted by Gasteiger charge is 2.11. The van der Waals surface area contributed by atoms with Crippen LogP contribution in [0.1, 0.15) is 30.4 Å². The number of anilines is 1. The molecule has 0 spiro atoms. The lowest BCUT2D eigenvalue weighted by Gasteiger charge is -2.13. The minimum Gasteiger partial charge on any atom is -0.399 e. The molecule has 0 aliphatic rings. The highest BCUT2D eigenvalue weighted by Crippen LogP contribution is 2.20. The van der Waals surface area contributed by atoms with E-state index in [9.17, 15) is 4.79 Å². The van der Waals surface area contributed by atoms with E-state index >= 15 is 0 Å². The summed E-state index contributed by atoms with van der Waals surface area (Å²) < 4.78 is 0. The van der Waals surface area contributed by atoms with Gasteiger partial charge < -0.3 is 11.1 Å². The number of nitrogens with two attached hydrogens (primary N) is 1. The molecule has 4 heteroatoms. The van der Waals surface area contributed by atoms with Crippen molar-refractivity contribution in [3.63, 3.8) is 0 Å². The van der Waals surface area contributed by atoms with E-state index in [2.05, 4.69) is 5.32 Å². The molecule has 0 aliphatic heterocycles. The Balaban J connectivity index is 1.87. The molecule has 2 aromatic carbocycles. The Labute approximate surface area is 130 Å². The molecule has 0 saturated carbocycles. The van der Waals surface area contributed by atoms with E-state index in [1.807, 2.05) is 55.5 Å². The van der Waals surface area contributed by atoms with Gasteiger partial charge in [0.1, 0.15) is 0 Å². The molecule has 1 unspecified atom stereocenters. The van der Waals surface area contributed by atoms with E-state index in [0.717, 1.165) is 16.8 Å². The SMILES string of the molecule is CC(CC(=O)NCc1ccccc1Cl)c1ccc(N)cc1.